The predicted octanol–water partition coefficient (Wildman–Crippen LogP) is 1.93. The third-order valence-corrected chi connectivity index (χ3v) is 3.32. The molecule has 2 atom stereocenters. The molecule has 1 aromatic rings. The van der Waals surface area contributed by atoms with Gasteiger partial charge >= 0.3 is 0 Å². The van der Waals surface area contributed by atoms with Crippen molar-refractivity contribution in [2.75, 3.05) is 18.0 Å². The maximum atomic E-state index is 6.22. The van der Waals surface area contributed by atoms with Gasteiger partial charge in [0.1, 0.15) is 0 Å². The zero-order valence-electron chi connectivity index (χ0n) is 8.23. The van der Waals surface area contributed by atoms with Crippen molar-refractivity contribution < 1.29 is 0 Å². The summed E-state index contributed by atoms with van der Waals surface area (Å²) < 4.78 is 0. The van der Waals surface area contributed by atoms with Crippen LogP contribution in [0.1, 0.15) is 13.3 Å². The number of rotatable bonds is 1. The first-order valence-corrected chi connectivity index (χ1v) is 5.38. The number of halogens is 1. The van der Waals surface area contributed by atoms with Gasteiger partial charge in [0.15, 0.2) is 5.82 Å². The van der Waals surface area contributed by atoms with Crippen molar-refractivity contribution >= 4 is 17.4 Å². The molecule has 1 saturated heterocycles. The van der Waals surface area contributed by atoms with Crippen molar-refractivity contribution in [3.8, 4) is 0 Å². The van der Waals surface area contributed by atoms with Crippen LogP contribution >= 0.6 is 11.6 Å². The van der Waals surface area contributed by atoms with Crippen molar-refractivity contribution in [2.45, 2.75) is 18.7 Å². The summed E-state index contributed by atoms with van der Waals surface area (Å²) in [6.45, 7) is 4.11. The molecule has 0 aromatic carbocycles. The lowest BCUT2D eigenvalue weighted by molar-refractivity contribution is 0.443. The Labute approximate surface area is 89.1 Å². The van der Waals surface area contributed by atoms with Crippen molar-refractivity contribution in [3.05, 3.63) is 18.3 Å². The summed E-state index contributed by atoms with van der Waals surface area (Å²) in [5.74, 6) is 1.54. The number of hydrogen-bond donors (Lipinski definition) is 0. The molecule has 2 unspecified atom stereocenters. The molecule has 3 nitrogen and oxygen atoms in total. The zero-order chi connectivity index (χ0) is 9.97. The van der Waals surface area contributed by atoms with Crippen LogP contribution in [-0.2, 0) is 0 Å². The van der Waals surface area contributed by atoms with Crippen LogP contribution < -0.4 is 4.90 Å². The first kappa shape index (κ1) is 9.71. The molecule has 0 radical (unpaired) electrons. The van der Waals surface area contributed by atoms with Crippen LogP contribution in [0.25, 0.3) is 0 Å². The van der Waals surface area contributed by atoms with E-state index in [0.29, 0.717) is 5.92 Å². The summed E-state index contributed by atoms with van der Waals surface area (Å²) in [6, 6.07) is 3.89. The lowest BCUT2D eigenvalue weighted by atomic mass is 9.99. The fourth-order valence-electron chi connectivity index (χ4n) is 1.69. The van der Waals surface area contributed by atoms with Gasteiger partial charge in [0, 0.05) is 19.3 Å². The molecular weight excluding hydrogens is 198 g/mol. The van der Waals surface area contributed by atoms with Gasteiger partial charge in [-0.1, -0.05) is 6.92 Å². The number of aromatic nitrogens is 2. The second-order valence-electron chi connectivity index (χ2n) is 3.81. The van der Waals surface area contributed by atoms with Gasteiger partial charge in [0.05, 0.1) is 5.38 Å². The van der Waals surface area contributed by atoms with E-state index in [1.807, 2.05) is 12.1 Å². The Morgan fingerprint density at radius 1 is 1.57 bits per heavy atom. The van der Waals surface area contributed by atoms with Crippen LogP contribution in [-0.4, -0.2) is 28.7 Å². The zero-order valence-corrected chi connectivity index (χ0v) is 8.98. The second kappa shape index (κ2) is 4.13. The fraction of sp³-hybridized carbons (Fsp3) is 0.600. The first-order chi connectivity index (χ1) is 6.77. The number of piperidine rings is 1. The van der Waals surface area contributed by atoms with Crippen molar-refractivity contribution in [2.24, 2.45) is 5.92 Å². The normalized spacial score (nSPS) is 27.7. The van der Waals surface area contributed by atoms with E-state index in [1.165, 1.54) is 0 Å². The third kappa shape index (κ3) is 1.98. The number of hydrogen-bond acceptors (Lipinski definition) is 3. The molecule has 0 spiro atoms. The Bertz CT molecular complexity index is 291. The summed E-state index contributed by atoms with van der Waals surface area (Å²) in [4.78, 5) is 2.20. The topological polar surface area (TPSA) is 29.0 Å². The molecule has 0 bridgehead atoms. The molecular formula is C10H14ClN3. The van der Waals surface area contributed by atoms with E-state index in [-0.39, 0.29) is 5.38 Å². The van der Waals surface area contributed by atoms with E-state index >= 15 is 0 Å². The largest absolute Gasteiger partial charge is 0.354 e. The van der Waals surface area contributed by atoms with Crippen LogP contribution in [0, 0.1) is 5.92 Å². The van der Waals surface area contributed by atoms with E-state index < -0.39 is 0 Å². The molecule has 14 heavy (non-hydrogen) atoms. The molecule has 76 valence electrons. The molecule has 1 aliphatic heterocycles. The standard InChI is InChI=1S/C10H14ClN3/c1-8-4-6-14(7-9(8)11)10-3-2-5-12-13-10/h2-3,5,8-9H,4,6-7H2,1H3. The minimum Gasteiger partial charge on any atom is -0.354 e. The third-order valence-electron chi connectivity index (χ3n) is 2.75. The first-order valence-electron chi connectivity index (χ1n) is 4.94. The Kier molecular flexibility index (Phi) is 2.87. The fourth-order valence-corrected chi connectivity index (χ4v) is 1.98. The molecule has 4 heteroatoms. The summed E-state index contributed by atoms with van der Waals surface area (Å²) in [5, 5.41) is 8.18. The quantitative estimate of drug-likeness (QED) is 0.665. The van der Waals surface area contributed by atoms with Crippen LogP contribution in [0.5, 0.6) is 0 Å². The van der Waals surface area contributed by atoms with Gasteiger partial charge in [-0.05, 0) is 24.5 Å². The lowest BCUT2D eigenvalue weighted by Gasteiger charge is -2.34. The molecule has 0 N–H and O–H groups in total. The Morgan fingerprint density at radius 2 is 2.43 bits per heavy atom. The maximum Gasteiger partial charge on any atom is 0.151 e. The Morgan fingerprint density at radius 3 is 3.07 bits per heavy atom. The highest BCUT2D eigenvalue weighted by Gasteiger charge is 2.24. The summed E-state index contributed by atoms with van der Waals surface area (Å²) in [5.41, 5.74) is 0. The monoisotopic (exact) mass is 211 g/mol. The van der Waals surface area contributed by atoms with Gasteiger partial charge in [-0.15, -0.1) is 16.7 Å². The predicted molar refractivity (Wildman–Crippen MR) is 57.7 cm³/mol. The highest BCUT2D eigenvalue weighted by Crippen LogP contribution is 2.24. The smallest absolute Gasteiger partial charge is 0.151 e. The number of nitrogens with zero attached hydrogens (tertiary/aromatic N) is 3. The molecule has 1 aromatic heterocycles. The molecule has 1 aliphatic rings. The van der Waals surface area contributed by atoms with Gasteiger partial charge in [0.25, 0.3) is 0 Å². The SMILES string of the molecule is CC1CCN(c2cccnn2)CC1Cl. The van der Waals surface area contributed by atoms with Gasteiger partial charge in [-0.25, -0.2) is 0 Å². The number of alkyl halides is 1. The molecule has 0 saturated carbocycles. The van der Waals surface area contributed by atoms with Crippen molar-refractivity contribution in [3.63, 3.8) is 0 Å². The van der Waals surface area contributed by atoms with Crippen LogP contribution in [0.3, 0.4) is 0 Å². The van der Waals surface area contributed by atoms with Gasteiger partial charge in [-0.3, -0.25) is 0 Å². The molecule has 0 aliphatic carbocycles. The highest BCUT2D eigenvalue weighted by atomic mass is 35.5. The molecule has 1 fully saturated rings. The van der Waals surface area contributed by atoms with Crippen LogP contribution in [0.2, 0.25) is 0 Å². The lowest BCUT2D eigenvalue weighted by Crippen LogP contribution is -2.40. The summed E-state index contributed by atoms with van der Waals surface area (Å²) >= 11 is 6.22. The Balaban J connectivity index is 2.07. The van der Waals surface area contributed by atoms with Crippen molar-refractivity contribution in [1.82, 2.24) is 10.2 Å². The van der Waals surface area contributed by atoms with E-state index in [2.05, 4.69) is 22.0 Å². The van der Waals surface area contributed by atoms with E-state index in [9.17, 15) is 0 Å². The van der Waals surface area contributed by atoms with Crippen LogP contribution in [0.15, 0.2) is 18.3 Å². The van der Waals surface area contributed by atoms with Gasteiger partial charge in [-0.2, -0.15) is 5.10 Å². The average Bonchev–Trinajstić information content (AvgIpc) is 2.23. The molecule has 0 amide bonds. The van der Waals surface area contributed by atoms with Crippen molar-refractivity contribution in [1.29, 1.82) is 0 Å². The minimum absolute atomic E-state index is 0.228. The average molecular weight is 212 g/mol. The van der Waals surface area contributed by atoms with E-state index in [4.69, 9.17) is 11.6 Å². The minimum atomic E-state index is 0.228. The highest BCUT2D eigenvalue weighted by molar-refractivity contribution is 6.21. The number of anilines is 1. The summed E-state index contributed by atoms with van der Waals surface area (Å²) in [7, 11) is 0. The van der Waals surface area contributed by atoms with Crippen LogP contribution in [0.4, 0.5) is 5.82 Å². The maximum absolute atomic E-state index is 6.22. The van der Waals surface area contributed by atoms with Gasteiger partial charge in [0.2, 0.25) is 0 Å². The van der Waals surface area contributed by atoms with Gasteiger partial charge < -0.3 is 4.90 Å². The molecule has 2 rings (SSSR count). The summed E-state index contributed by atoms with van der Waals surface area (Å²) in [6.07, 6.45) is 2.82. The van der Waals surface area contributed by atoms with E-state index in [1.54, 1.807) is 6.20 Å². The van der Waals surface area contributed by atoms with E-state index in [0.717, 1.165) is 25.3 Å². The Hall–Kier alpha value is -0.830. The molecule has 2 heterocycles. The second-order valence-corrected chi connectivity index (χ2v) is 4.37.